The zero-order valence-electron chi connectivity index (χ0n) is 17.8. The van der Waals surface area contributed by atoms with E-state index in [2.05, 4.69) is 5.32 Å². The Morgan fingerprint density at radius 3 is 1.87 bits per heavy atom. The van der Waals surface area contributed by atoms with Gasteiger partial charge in [0.1, 0.15) is 6.04 Å². The highest BCUT2D eigenvalue weighted by Crippen LogP contribution is 2.29. The van der Waals surface area contributed by atoms with Crippen LogP contribution in [0.15, 0.2) is 84.9 Å². The highest BCUT2D eigenvalue weighted by Gasteiger charge is 2.28. The van der Waals surface area contributed by atoms with Crippen molar-refractivity contribution in [1.29, 1.82) is 0 Å². The maximum absolute atomic E-state index is 13.6. The van der Waals surface area contributed by atoms with E-state index in [4.69, 9.17) is 11.6 Å². The van der Waals surface area contributed by atoms with E-state index in [1.807, 2.05) is 72.8 Å². The van der Waals surface area contributed by atoms with Crippen LogP contribution in [0.2, 0.25) is 5.02 Å². The van der Waals surface area contributed by atoms with Crippen molar-refractivity contribution in [3.8, 4) is 0 Å². The summed E-state index contributed by atoms with van der Waals surface area (Å²) in [6.45, 7) is 2.09. The molecule has 0 heterocycles. The summed E-state index contributed by atoms with van der Waals surface area (Å²) in [6, 6.07) is 26.8. The largest absolute Gasteiger partial charge is 0.357 e. The number of benzene rings is 3. The molecule has 0 spiro atoms. The molecule has 1 atom stereocenters. The first-order chi connectivity index (χ1) is 15.0. The Balaban J connectivity index is 1.90. The molecule has 2 amide bonds. The van der Waals surface area contributed by atoms with Gasteiger partial charge in [0, 0.05) is 31.0 Å². The van der Waals surface area contributed by atoms with Crippen molar-refractivity contribution >= 4 is 23.4 Å². The Bertz CT molecular complexity index is 951. The number of rotatable bonds is 8. The fourth-order valence-corrected chi connectivity index (χ4v) is 3.79. The first-order valence-electron chi connectivity index (χ1n) is 10.3. The van der Waals surface area contributed by atoms with Crippen LogP contribution in [0.1, 0.15) is 36.0 Å². The van der Waals surface area contributed by atoms with Crippen LogP contribution in [0.5, 0.6) is 0 Å². The van der Waals surface area contributed by atoms with E-state index < -0.39 is 6.04 Å². The lowest BCUT2D eigenvalue weighted by molar-refractivity contribution is -0.140. The molecule has 3 aromatic rings. The summed E-state index contributed by atoms with van der Waals surface area (Å²) in [7, 11) is 1.58. The number of carbonyl (C=O) groups is 2. The molecule has 0 saturated carbocycles. The second-order valence-electron chi connectivity index (χ2n) is 7.52. The Kier molecular flexibility index (Phi) is 7.85. The first-order valence-corrected chi connectivity index (χ1v) is 10.7. The normalized spacial score (nSPS) is 11.7. The molecule has 4 nitrogen and oxygen atoms in total. The molecule has 0 bridgehead atoms. The van der Waals surface area contributed by atoms with Crippen LogP contribution in [0, 0.1) is 0 Å². The molecule has 3 aromatic carbocycles. The fraction of sp³-hybridized carbons (Fsp3) is 0.231. The second-order valence-corrected chi connectivity index (χ2v) is 7.95. The minimum absolute atomic E-state index is 0.0799. The van der Waals surface area contributed by atoms with Gasteiger partial charge in [0.2, 0.25) is 11.8 Å². The average molecular weight is 435 g/mol. The van der Waals surface area contributed by atoms with E-state index in [1.54, 1.807) is 31.0 Å². The average Bonchev–Trinajstić information content (AvgIpc) is 2.82. The summed E-state index contributed by atoms with van der Waals surface area (Å²) < 4.78 is 0. The molecule has 1 N–H and O–H groups in total. The summed E-state index contributed by atoms with van der Waals surface area (Å²) in [6.07, 6.45) is 0.267. The minimum atomic E-state index is -0.597. The molecule has 0 aliphatic carbocycles. The van der Waals surface area contributed by atoms with Crippen molar-refractivity contribution in [1.82, 2.24) is 10.2 Å². The molecule has 0 fully saturated rings. The maximum Gasteiger partial charge on any atom is 0.242 e. The van der Waals surface area contributed by atoms with Gasteiger partial charge in [0.15, 0.2) is 0 Å². The third-order valence-electron chi connectivity index (χ3n) is 5.46. The van der Waals surface area contributed by atoms with E-state index in [0.717, 1.165) is 16.7 Å². The molecule has 0 unspecified atom stereocenters. The van der Waals surface area contributed by atoms with E-state index in [-0.39, 0.29) is 24.2 Å². The molecule has 3 rings (SSSR count). The van der Waals surface area contributed by atoms with Gasteiger partial charge in [0.05, 0.1) is 0 Å². The van der Waals surface area contributed by atoms with Crippen molar-refractivity contribution in [2.45, 2.75) is 31.8 Å². The van der Waals surface area contributed by atoms with Gasteiger partial charge in [-0.25, -0.2) is 0 Å². The number of nitrogens with zero attached hydrogens (tertiary/aromatic N) is 1. The molecule has 0 saturated heterocycles. The van der Waals surface area contributed by atoms with Crippen molar-refractivity contribution in [2.24, 2.45) is 0 Å². The predicted octanol–water partition coefficient (Wildman–Crippen LogP) is 5.03. The molecule has 5 heteroatoms. The van der Waals surface area contributed by atoms with Crippen LogP contribution < -0.4 is 5.32 Å². The fourth-order valence-electron chi connectivity index (χ4n) is 3.67. The summed E-state index contributed by atoms with van der Waals surface area (Å²) in [5, 5.41) is 3.29. The second kappa shape index (κ2) is 10.8. The smallest absolute Gasteiger partial charge is 0.242 e. The monoisotopic (exact) mass is 434 g/mol. The molecule has 31 heavy (non-hydrogen) atoms. The van der Waals surface area contributed by atoms with Crippen LogP contribution in [0.25, 0.3) is 0 Å². The lowest BCUT2D eigenvalue weighted by Crippen LogP contribution is -2.47. The highest BCUT2D eigenvalue weighted by molar-refractivity contribution is 6.30. The standard InChI is InChI=1S/C26H27ClN2O2/c1-19(26(31)28-2)29(18-20-13-15-23(27)16-14-20)25(30)17-24(21-9-5-3-6-10-21)22-11-7-4-8-12-22/h3-16,19,24H,17-18H2,1-2H3,(H,28,31)/t19-/m1/s1. The van der Waals surface area contributed by atoms with Crippen LogP contribution in [0.4, 0.5) is 0 Å². The van der Waals surface area contributed by atoms with Gasteiger partial charge in [-0.05, 0) is 35.7 Å². The lowest BCUT2D eigenvalue weighted by atomic mass is 9.88. The molecule has 0 radical (unpaired) electrons. The predicted molar refractivity (Wildman–Crippen MR) is 125 cm³/mol. The van der Waals surface area contributed by atoms with Crippen molar-refractivity contribution in [2.75, 3.05) is 7.05 Å². The minimum Gasteiger partial charge on any atom is -0.357 e. The quantitative estimate of drug-likeness (QED) is 0.540. The molecular formula is C26H27ClN2O2. The van der Waals surface area contributed by atoms with Crippen molar-refractivity contribution in [3.05, 3.63) is 107 Å². The van der Waals surface area contributed by atoms with Gasteiger partial charge >= 0.3 is 0 Å². The van der Waals surface area contributed by atoms with Crippen molar-refractivity contribution < 1.29 is 9.59 Å². The van der Waals surface area contributed by atoms with Crippen molar-refractivity contribution in [3.63, 3.8) is 0 Å². The van der Waals surface area contributed by atoms with Gasteiger partial charge in [-0.1, -0.05) is 84.4 Å². The van der Waals surface area contributed by atoms with Gasteiger partial charge < -0.3 is 10.2 Å². The number of hydrogen-bond donors (Lipinski definition) is 1. The Labute approximate surface area is 188 Å². The number of nitrogens with one attached hydrogen (secondary N) is 1. The summed E-state index contributed by atoms with van der Waals surface area (Å²) in [4.78, 5) is 27.6. The third-order valence-corrected chi connectivity index (χ3v) is 5.71. The SMILES string of the molecule is CNC(=O)[C@@H](C)N(Cc1ccc(Cl)cc1)C(=O)CC(c1ccccc1)c1ccccc1. The zero-order chi connectivity index (χ0) is 22.2. The number of likely N-dealkylation sites (N-methyl/N-ethyl adjacent to an activating group) is 1. The Morgan fingerprint density at radius 2 is 1.39 bits per heavy atom. The zero-order valence-corrected chi connectivity index (χ0v) is 18.5. The summed E-state index contributed by atoms with van der Waals surface area (Å²) in [5.74, 6) is -0.374. The van der Waals surface area contributed by atoms with E-state index in [0.29, 0.717) is 11.6 Å². The molecular weight excluding hydrogens is 408 g/mol. The Morgan fingerprint density at radius 1 is 0.871 bits per heavy atom. The number of hydrogen-bond acceptors (Lipinski definition) is 2. The van der Waals surface area contributed by atoms with E-state index in [1.165, 1.54) is 0 Å². The van der Waals surface area contributed by atoms with Crippen LogP contribution in [-0.4, -0.2) is 29.8 Å². The third kappa shape index (κ3) is 5.96. The molecule has 0 aliphatic rings. The first kappa shape index (κ1) is 22.6. The summed E-state index contributed by atoms with van der Waals surface area (Å²) in [5.41, 5.74) is 3.06. The summed E-state index contributed by atoms with van der Waals surface area (Å²) >= 11 is 6.01. The molecule has 0 aromatic heterocycles. The molecule has 160 valence electrons. The van der Waals surface area contributed by atoms with E-state index >= 15 is 0 Å². The highest BCUT2D eigenvalue weighted by atomic mass is 35.5. The van der Waals surface area contributed by atoms with Crippen LogP contribution in [-0.2, 0) is 16.1 Å². The maximum atomic E-state index is 13.6. The topological polar surface area (TPSA) is 49.4 Å². The van der Waals surface area contributed by atoms with Gasteiger partial charge in [-0.15, -0.1) is 0 Å². The number of carbonyl (C=O) groups excluding carboxylic acids is 2. The van der Waals surface area contributed by atoms with Gasteiger partial charge in [-0.2, -0.15) is 0 Å². The number of amides is 2. The lowest BCUT2D eigenvalue weighted by Gasteiger charge is -2.30. The number of halogens is 1. The van der Waals surface area contributed by atoms with Crippen LogP contribution in [0.3, 0.4) is 0 Å². The molecule has 0 aliphatic heterocycles. The Hall–Kier alpha value is -3.11. The van der Waals surface area contributed by atoms with Gasteiger partial charge in [0.25, 0.3) is 0 Å². The van der Waals surface area contributed by atoms with Crippen LogP contribution >= 0.6 is 11.6 Å². The van der Waals surface area contributed by atoms with Gasteiger partial charge in [-0.3, -0.25) is 9.59 Å². The van der Waals surface area contributed by atoms with E-state index in [9.17, 15) is 9.59 Å².